The predicted molar refractivity (Wildman–Crippen MR) is 64.3 cm³/mol. The standard InChI is InChI=1S/C11H17N3O4/c1-2-6-5-14(11(17)13-10(6)16)9-3-7(15)8(4-12)18-9/h5,7-9,15H,2-4,12H2,1H3,(H,13,16,17)/t7-,8-,9?/m1/s1. The lowest BCUT2D eigenvalue weighted by atomic mass is 10.2. The normalized spacial score (nSPS) is 27.6. The van der Waals surface area contributed by atoms with E-state index < -0.39 is 24.1 Å². The molecule has 4 N–H and O–H groups in total. The Labute approximate surface area is 103 Å². The SMILES string of the molecule is CCc1cn(C2C[C@@H](O)[C@@H](CN)O2)c(=O)[nH]c1=O. The van der Waals surface area contributed by atoms with Crippen molar-refractivity contribution in [3.05, 3.63) is 32.6 Å². The summed E-state index contributed by atoms with van der Waals surface area (Å²) in [5.74, 6) is 0. The van der Waals surface area contributed by atoms with Gasteiger partial charge in [0.15, 0.2) is 0 Å². The van der Waals surface area contributed by atoms with E-state index in [0.717, 1.165) is 0 Å². The van der Waals surface area contributed by atoms with Crippen LogP contribution in [0.5, 0.6) is 0 Å². The highest BCUT2D eigenvalue weighted by Crippen LogP contribution is 2.26. The van der Waals surface area contributed by atoms with Crippen LogP contribution in [0.2, 0.25) is 0 Å². The second-order valence-electron chi connectivity index (χ2n) is 4.34. The van der Waals surface area contributed by atoms with E-state index in [1.807, 2.05) is 6.92 Å². The van der Waals surface area contributed by atoms with E-state index in [0.29, 0.717) is 12.0 Å². The van der Waals surface area contributed by atoms with E-state index in [1.54, 1.807) is 0 Å². The quantitative estimate of drug-likeness (QED) is 0.622. The fourth-order valence-electron chi connectivity index (χ4n) is 2.09. The van der Waals surface area contributed by atoms with Crippen LogP contribution in [0.1, 0.15) is 25.1 Å². The lowest BCUT2D eigenvalue weighted by Crippen LogP contribution is -2.34. The topological polar surface area (TPSA) is 110 Å². The van der Waals surface area contributed by atoms with Crippen molar-refractivity contribution in [2.24, 2.45) is 5.73 Å². The maximum atomic E-state index is 11.7. The van der Waals surface area contributed by atoms with Crippen molar-refractivity contribution in [2.75, 3.05) is 6.54 Å². The molecular formula is C11H17N3O4. The molecular weight excluding hydrogens is 238 g/mol. The Hall–Kier alpha value is -1.44. The first-order valence-electron chi connectivity index (χ1n) is 5.94. The van der Waals surface area contributed by atoms with Crippen molar-refractivity contribution >= 4 is 0 Å². The largest absolute Gasteiger partial charge is 0.390 e. The number of aromatic amines is 1. The van der Waals surface area contributed by atoms with Crippen LogP contribution in [0.25, 0.3) is 0 Å². The minimum atomic E-state index is -0.691. The summed E-state index contributed by atoms with van der Waals surface area (Å²) in [6.45, 7) is 2.02. The summed E-state index contributed by atoms with van der Waals surface area (Å²) in [6.07, 6.45) is 0.547. The first kappa shape index (κ1) is 13.0. The lowest BCUT2D eigenvalue weighted by Gasteiger charge is -2.15. The zero-order valence-electron chi connectivity index (χ0n) is 10.1. The third kappa shape index (κ3) is 2.24. The molecule has 0 bridgehead atoms. The smallest absolute Gasteiger partial charge is 0.330 e. The fourth-order valence-corrected chi connectivity index (χ4v) is 2.09. The minimum Gasteiger partial charge on any atom is -0.390 e. The molecule has 1 saturated heterocycles. The highest BCUT2D eigenvalue weighted by atomic mass is 16.5. The number of aryl methyl sites for hydroxylation is 1. The summed E-state index contributed by atoms with van der Waals surface area (Å²) in [6, 6.07) is 0. The van der Waals surface area contributed by atoms with Crippen molar-refractivity contribution in [1.82, 2.24) is 9.55 Å². The van der Waals surface area contributed by atoms with Crippen LogP contribution in [-0.2, 0) is 11.2 Å². The summed E-state index contributed by atoms with van der Waals surface area (Å²) in [5, 5.41) is 9.70. The number of H-pyrrole nitrogens is 1. The lowest BCUT2D eigenvalue weighted by molar-refractivity contribution is -0.0152. The Morgan fingerprint density at radius 2 is 2.33 bits per heavy atom. The summed E-state index contributed by atoms with van der Waals surface area (Å²) in [4.78, 5) is 25.4. The van der Waals surface area contributed by atoms with Crippen LogP contribution in [-0.4, -0.2) is 33.4 Å². The average molecular weight is 255 g/mol. The van der Waals surface area contributed by atoms with E-state index in [-0.39, 0.29) is 18.5 Å². The average Bonchev–Trinajstić information content (AvgIpc) is 2.70. The molecule has 2 heterocycles. The number of aliphatic hydroxyl groups excluding tert-OH is 1. The molecule has 1 aliphatic heterocycles. The Kier molecular flexibility index (Phi) is 3.65. The van der Waals surface area contributed by atoms with Crippen LogP contribution < -0.4 is 17.0 Å². The van der Waals surface area contributed by atoms with Gasteiger partial charge in [0.1, 0.15) is 6.23 Å². The molecule has 1 fully saturated rings. The van der Waals surface area contributed by atoms with Gasteiger partial charge in [-0.2, -0.15) is 0 Å². The zero-order chi connectivity index (χ0) is 13.3. The molecule has 1 aromatic heterocycles. The maximum Gasteiger partial charge on any atom is 0.330 e. The van der Waals surface area contributed by atoms with Crippen LogP contribution in [0.15, 0.2) is 15.8 Å². The van der Waals surface area contributed by atoms with E-state index in [1.165, 1.54) is 10.8 Å². The van der Waals surface area contributed by atoms with Crippen molar-refractivity contribution in [1.29, 1.82) is 0 Å². The first-order valence-corrected chi connectivity index (χ1v) is 5.94. The molecule has 0 aliphatic carbocycles. The molecule has 3 atom stereocenters. The maximum absolute atomic E-state index is 11.7. The van der Waals surface area contributed by atoms with Gasteiger partial charge in [0.2, 0.25) is 0 Å². The number of aliphatic hydroxyl groups is 1. The minimum absolute atomic E-state index is 0.191. The number of aromatic nitrogens is 2. The van der Waals surface area contributed by atoms with Crippen LogP contribution in [0.3, 0.4) is 0 Å². The Morgan fingerprint density at radius 1 is 1.61 bits per heavy atom. The highest BCUT2D eigenvalue weighted by Gasteiger charge is 2.34. The van der Waals surface area contributed by atoms with Crippen LogP contribution in [0.4, 0.5) is 0 Å². The molecule has 1 aromatic rings. The molecule has 18 heavy (non-hydrogen) atoms. The van der Waals surface area contributed by atoms with Gasteiger partial charge in [0.25, 0.3) is 5.56 Å². The van der Waals surface area contributed by atoms with E-state index in [4.69, 9.17) is 10.5 Å². The fraction of sp³-hybridized carbons (Fsp3) is 0.636. The van der Waals surface area contributed by atoms with Crippen LogP contribution in [0, 0.1) is 0 Å². The number of rotatable bonds is 3. The number of hydrogen-bond donors (Lipinski definition) is 3. The van der Waals surface area contributed by atoms with Crippen molar-refractivity contribution in [3.8, 4) is 0 Å². The van der Waals surface area contributed by atoms with E-state index >= 15 is 0 Å². The predicted octanol–water partition coefficient (Wildman–Crippen LogP) is -1.29. The molecule has 100 valence electrons. The Balaban J connectivity index is 2.35. The Morgan fingerprint density at radius 3 is 2.89 bits per heavy atom. The third-order valence-electron chi connectivity index (χ3n) is 3.17. The number of nitrogens with two attached hydrogens (primary N) is 1. The molecule has 0 saturated carbocycles. The molecule has 7 nitrogen and oxygen atoms in total. The Bertz CT molecular complexity index is 536. The van der Waals surface area contributed by atoms with Gasteiger partial charge in [-0.3, -0.25) is 14.3 Å². The summed E-state index contributed by atoms with van der Waals surface area (Å²) in [7, 11) is 0. The van der Waals surface area contributed by atoms with Gasteiger partial charge in [0.05, 0.1) is 12.2 Å². The number of hydrogen-bond acceptors (Lipinski definition) is 5. The monoisotopic (exact) mass is 255 g/mol. The summed E-state index contributed by atoms with van der Waals surface area (Å²) in [5.41, 5.74) is 5.04. The number of nitrogens with zero attached hydrogens (tertiary/aromatic N) is 1. The molecule has 1 unspecified atom stereocenters. The molecule has 0 aromatic carbocycles. The number of nitrogens with one attached hydrogen (secondary N) is 1. The van der Waals surface area contributed by atoms with Gasteiger partial charge in [0, 0.05) is 24.7 Å². The second kappa shape index (κ2) is 5.05. The van der Waals surface area contributed by atoms with Gasteiger partial charge in [-0.15, -0.1) is 0 Å². The summed E-state index contributed by atoms with van der Waals surface area (Å²) < 4.78 is 6.80. The van der Waals surface area contributed by atoms with Gasteiger partial charge in [-0.25, -0.2) is 4.79 Å². The number of ether oxygens (including phenoxy) is 1. The zero-order valence-corrected chi connectivity index (χ0v) is 10.1. The molecule has 7 heteroatoms. The molecule has 0 radical (unpaired) electrons. The van der Waals surface area contributed by atoms with Crippen molar-refractivity contribution < 1.29 is 9.84 Å². The van der Waals surface area contributed by atoms with Crippen LogP contribution >= 0.6 is 0 Å². The van der Waals surface area contributed by atoms with Gasteiger partial charge in [-0.05, 0) is 6.42 Å². The van der Waals surface area contributed by atoms with Gasteiger partial charge in [-0.1, -0.05) is 6.92 Å². The molecule has 1 aliphatic rings. The highest BCUT2D eigenvalue weighted by molar-refractivity contribution is 5.04. The van der Waals surface area contributed by atoms with Crippen molar-refractivity contribution in [3.63, 3.8) is 0 Å². The van der Waals surface area contributed by atoms with Gasteiger partial charge >= 0.3 is 5.69 Å². The van der Waals surface area contributed by atoms with E-state index in [9.17, 15) is 14.7 Å². The van der Waals surface area contributed by atoms with Crippen molar-refractivity contribution in [2.45, 2.75) is 38.2 Å². The van der Waals surface area contributed by atoms with Gasteiger partial charge < -0.3 is 15.6 Å². The molecule has 0 spiro atoms. The summed E-state index contributed by atoms with van der Waals surface area (Å²) >= 11 is 0. The molecule has 0 amide bonds. The first-order chi connectivity index (χ1) is 8.56. The van der Waals surface area contributed by atoms with E-state index in [2.05, 4.69) is 4.98 Å². The third-order valence-corrected chi connectivity index (χ3v) is 3.17. The molecule has 2 rings (SSSR count). The second-order valence-corrected chi connectivity index (χ2v) is 4.34.